The van der Waals surface area contributed by atoms with Crippen LogP contribution in [-0.4, -0.2) is 26.4 Å². The zero-order valence-electron chi connectivity index (χ0n) is 8.93. The van der Waals surface area contributed by atoms with Crippen molar-refractivity contribution in [2.24, 2.45) is 5.16 Å². The van der Waals surface area contributed by atoms with E-state index in [1.54, 1.807) is 31.2 Å². The minimum absolute atomic E-state index is 0.328. The second-order valence-electron chi connectivity index (χ2n) is 3.04. The summed E-state index contributed by atoms with van der Waals surface area (Å²) in [4.78, 5) is 0. The first-order valence-electron chi connectivity index (χ1n) is 4.49. The lowest BCUT2D eigenvalue weighted by molar-refractivity contribution is 0.319. The van der Waals surface area contributed by atoms with Gasteiger partial charge in [-0.1, -0.05) is 23.4 Å². The molecule has 6 nitrogen and oxygen atoms in total. The van der Waals surface area contributed by atoms with Crippen molar-refractivity contribution >= 4 is 21.6 Å². The number of hydrogen-bond acceptors (Lipinski definition) is 4. The summed E-state index contributed by atoms with van der Waals surface area (Å²) < 4.78 is 27.1. The molecular weight excluding hydrogens is 230 g/mol. The summed E-state index contributed by atoms with van der Waals surface area (Å²) in [5.74, 6) is 0. The highest BCUT2D eigenvalue weighted by Crippen LogP contribution is 2.16. The van der Waals surface area contributed by atoms with Gasteiger partial charge in [0.2, 0.25) is 0 Å². The standard InChI is InChI=1S/C9H13N3O3S/c1-7(11-13)8-5-3-4-6-9(8)12-16(14,15)10-2/h3-6,10,12-13H,1-2H3/b11-7+. The van der Waals surface area contributed by atoms with E-state index < -0.39 is 10.2 Å². The minimum atomic E-state index is -3.57. The molecule has 0 bridgehead atoms. The maximum Gasteiger partial charge on any atom is 0.298 e. The quantitative estimate of drug-likeness (QED) is 0.414. The molecule has 3 N–H and O–H groups in total. The van der Waals surface area contributed by atoms with E-state index in [0.717, 1.165) is 0 Å². The maximum absolute atomic E-state index is 11.3. The van der Waals surface area contributed by atoms with Crippen molar-refractivity contribution in [3.63, 3.8) is 0 Å². The van der Waals surface area contributed by atoms with Gasteiger partial charge in [0, 0.05) is 12.6 Å². The van der Waals surface area contributed by atoms with Crippen LogP contribution in [0.3, 0.4) is 0 Å². The third-order valence-corrected chi connectivity index (χ3v) is 3.01. The Balaban J connectivity index is 3.15. The smallest absolute Gasteiger partial charge is 0.298 e. The Morgan fingerprint density at radius 2 is 2.00 bits per heavy atom. The molecule has 0 aliphatic heterocycles. The molecule has 0 radical (unpaired) electrons. The predicted octanol–water partition coefficient (Wildman–Crippen LogP) is 0.761. The zero-order chi connectivity index (χ0) is 12.2. The number of para-hydroxylation sites is 1. The normalized spacial score (nSPS) is 12.5. The molecule has 1 rings (SSSR count). The van der Waals surface area contributed by atoms with Gasteiger partial charge in [-0.3, -0.25) is 4.72 Å². The van der Waals surface area contributed by atoms with Crippen LogP contribution >= 0.6 is 0 Å². The molecule has 0 unspecified atom stereocenters. The van der Waals surface area contributed by atoms with Gasteiger partial charge in [-0.25, -0.2) is 4.72 Å². The van der Waals surface area contributed by atoms with E-state index in [0.29, 0.717) is 17.0 Å². The lowest BCUT2D eigenvalue weighted by atomic mass is 10.1. The summed E-state index contributed by atoms with van der Waals surface area (Å²) in [6.45, 7) is 1.58. The molecule has 0 fully saturated rings. The van der Waals surface area contributed by atoms with Crippen molar-refractivity contribution in [1.82, 2.24) is 4.72 Å². The Hall–Kier alpha value is -1.60. The van der Waals surface area contributed by atoms with Crippen LogP contribution in [0, 0.1) is 0 Å². The molecule has 0 spiro atoms. The summed E-state index contributed by atoms with van der Waals surface area (Å²) in [6, 6.07) is 6.64. The number of nitrogens with zero attached hydrogens (tertiary/aromatic N) is 1. The maximum atomic E-state index is 11.3. The second-order valence-corrected chi connectivity index (χ2v) is 4.66. The molecule has 16 heavy (non-hydrogen) atoms. The Kier molecular flexibility index (Phi) is 3.86. The Bertz CT molecular complexity index is 496. The van der Waals surface area contributed by atoms with E-state index in [4.69, 9.17) is 5.21 Å². The zero-order valence-corrected chi connectivity index (χ0v) is 9.75. The van der Waals surface area contributed by atoms with Crippen LogP contribution in [0.5, 0.6) is 0 Å². The van der Waals surface area contributed by atoms with E-state index in [1.807, 2.05) is 0 Å². The Labute approximate surface area is 94.2 Å². The van der Waals surface area contributed by atoms with Crippen LogP contribution in [0.1, 0.15) is 12.5 Å². The average molecular weight is 243 g/mol. The highest BCUT2D eigenvalue weighted by atomic mass is 32.2. The molecule has 0 aromatic heterocycles. The lowest BCUT2D eigenvalue weighted by Gasteiger charge is -2.10. The van der Waals surface area contributed by atoms with Gasteiger partial charge in [0.05, 0.1) is 11.4 Å². The van der Waals surface area contributed by atoms with Gasteiger partial charge in [-0.05, 0) is 13.0 Å². The fourth-order valence-electron chi connectivity index (χ4n) is 1.14. The van der Waals surface area contributed by atoms with E-state index in [1.165, 1.54) is 7.05 Å². The topological polar surface area (TPSA) is 90.8 Å². The summed E-state index contributed by atoms with van der Waals surface area (Å²) in [5, 5.41) is 11.7. The highest BCUT2D eigenvalue weighted by molar-refractivity contribution is 7.90. The Morgan fingerprint density at radius 3 is 2.56 bits per heavy atom. The van der Waals surface area contributed by atoms with Gasteiger partial charge in [0.15, 0.2) is 0 Å². The molecule has 7 heteroatoms. The van der Waals surface area contributed by atoms with Crippen LogP contribution in [0.15, 0.2) is 29.4 Å². The molecule has 0 aliphatic carbocycles. The van der Waals surface area contributed by atoms with E-state index in [2.05, 4.69) is 14.6 Å². The molecule has 0 saturated carbocycles. The fourth-order valence-corrected chi connectivity index (χ4v) is 1.71. The molecule has 0 heterocycles. The van der Waals surface area contributed by atoms with Gasteiger partial charge in [-0.2, -0.15) is 8.42 Å². The van der Waals surface area contributed by atoms with Crippen molar-refractivity contribution < 1.29 is 13.6 Å². The number of benzene rings is 1. The summed E-state index contributed by atoms with van der Waals surface area (Å²) in [5.41, 5.74) is 1.20. The fraction of sp³-hybridized carbons (Fsp3) is 0.222. The van der Waals surface area contributed by atoms with Crippen molar-refractivity contribution in [2.75, 3.05) is 11.8 Å². The minimum Gasteiger partial charge on any atom is -0.411 e. The molecule has 1 aromatic carbocycles. The van der Waals surface area contributed by atoms with Gasteiger partial charge < -0.3 is 5.21 Å². The number of anilines is 1. The molecule has 0 aliphatic rings. The summed E-state index contributed by atoms with van der Waals surface area (Å²) >= 11 is 0. The largest absolute Gasteiger partial charge is 0.411 e. The van der Waals surface area contributed by atoms with Crippen LogP contribution in [0.2, 0.25) is 0 Å². The van der Waals surface area contributed by atoms with E-state index in [-0.39, 0.29) is 0 Å². The lowest BCUT2D eigenvalue weighted by Crippen LogP contribution is -2.27. The second kappa shape index (κ2) is 4.95. The van der Waals surface area contributed by atoms with Crippen molar-refractivity contribution in [1.29, 1.82) is 0 Å². The number of rotatable bonds is 4. The molecule has 1 aromatic rings. The van der Waals surface area contributed by atoms with Crippen LogP contribution in [0.25, 0.3) is 0 Å². The number of oxime groups is 1. The first-order valence-corrected chi connectivity index (χ1v) is 5.98. The molecule has 0 atom stereocenters. The van der Waals surface area contributed by atoms with Gasteiger partial charge in [-0.15, -0.1) is 0 Å². The van der Waals surface area contributed by atoms with Gasteiger partial charge in [0.25, 0.3) is 10.2 Å². The monoisotopic (exact) mass is 243 g/mol. The third-order valence-electron chi connectivity index (χ3n) is 1.98. The molecule has 0 saturated heterocycles. The van der Waals surface area contributed by atoms with Crippen molar-refractivity contribution in [3.8, 4) is 0 Å². The summed E-state index contributed by atoms with van der Waals surface area (Å²) in [7, 11) is -2.27. The average Bonchev–Trinajstić information content (AvgIpc) is 2.28. The van der Waals surface area contributed by atoms with E-state index in [9.17, 15) is 8.42 Å². The summed E-state index contributed by atoms with van der Waals surface area (Å²) in [6.07, 6.45) is 0. The number of nitrogens with one attached hydrogen (secondary N) is 2. The first kappa shape index (κ1) is 12.5. The van der Waals surface area contributed by atoms with E-state index >= 15 is 0 Å². The van der Waals surface area contributed by atoms with Crippen molar-refractivity contribution in [2.45, 2.75) is 6.92 Å². The first-order chi connectivity index (χ1) is 7.50. The molecule has 88 valence electrons. The van der Waals surface area contributed by atoms with Crippen LogP contribution < -0.4 is 9.44 Å². The SMILES string of the molecule is CNS(=O)(=O)Nc1ccccc1/C(C)=N/O. The molecule has 0 amide bonds. The third kappa shape index (κ3) is 2.94. The van der Waals surface area contributed by atoms with Gasteiger partial charge >= 0.3 is 0 Å². The highest BCUT2D eigenvalue weighted by Gasteiger charge is 2.11. The van der Waals surface area contributed by atoms with Crippen LogP contribution in [-0.2, 0) is 10.2 Å². The Morgan fingerprint density at radius 1 is 1.38 bits per heavy atom. The van der Waals surface area contributed by atoms with Crippen molar-refractivity contribution in [3.05, 3.63) is 29.8 Å². The van der Waals surface area contributed by atoms with Gasteiger partial charge in [0.1, 0.15) is 0 Å². The molecular formula is C9H13N3O3S. The predicted molar refractivity (Wildman–Crippen MR) is 62.0 cm³/mol. The number of hydrogen-bond donors (Lipinski definition) is 3. The van der Waals surface area contributed by atoms with Crippen LogP contribution in [0.4, 0.5) is 5.69 Å².